The molecule has 1 saturated carbocycles. The number of aromatic nitrogens is 3. The van der Waals surface area contributed by atoms with Gasteiger partial charge in [0.25, 0.3) is 5.91 Å². The zero-order valence-electron chi connectivity index (χ0n) is 19.6. The summed E-state index contributed by atoms with van der Waals surface area (Å²) < 4.78 is 14.8. The van der Waals surface area contributed by atoms with E-state index in [-0.39, 0.29) is 23.1 Å². The van der Waals surface area contributed by atoms with E-state index in [2.05, 4.69) is 38.2 Å². The number of halogens is 1. The minimum Gasteiger partial charge on any atom is -0.331 e. The Morgan fingerprint density at radius 3 is 2.76 bits per heavy atom. The van der Waals surface area contributed by atoms with Gasteiger partial charge in [0.15, 0.2) is 5.82 Å². The van der Waals surface area contributed by atoms with Crippen molar-refractivity contribution in [2.24, 2.45) is 0 Å². The Balaban J connectivity index is 1.26. The number of likely N-dealkylation sites (tertiary alicyclic amines) is 1. The first kappa shape index (κ1) is 21.6. The average molecular weight is 479 g/mol. The Morgan fingerprint density at radius 2 is 2.09 bits per heavy atom. The number of nitrogens with one attached hydrogen (secondary N) is 1. The lowest BCUT2D eigenvalue weighted by atomic mass is 10.0. The summed E-state index contributed by atoms with van der Waals surface area (Å²) in [6.45, 7) is 7.35. The van der Waals surface area contributed by atoms with Gasteiger partial charge in [-0.2, -0.15) is 0 Å². The van der Waals surface area contributed by atoms with Gasteiger partial charge in [0.2, 0.25) is 5.95 Å². The van der Waals surface area contributed by atoms with Gasteiger partial charge in [0.1, 0.15) is 11.5 Å². The van der Waals surface area contributed by atoms with E-state index in [0.717, 1.165) is 54.9 Å². The highest BCUT2D eigenvalue weighted by molar-refractivity contribution is 7.16. The Hall–Kier alpha value is -2.91. The maximum Gasteiger partial charge on any atom is 0.255 e. The standard InChI is InChI=1S/C25H27FN6OS/c1-4-32-10-7-16(13-32)15-5-6-18(27-11-15)29-24-28-12-17(26)20(30-24)21-14(2)19-22(34-21)25(8-9-25)31(3)23(19)33/h5-6,11-12,16H,4,7-10,13H2,1-3H3,(H,27,28,29,30). The molecule has 1 saturated heterocycles. The molecule has 1 spiro atoms. The molecule has 1 atom stereocenters. The molecule has 3 aliphatic rings. The van der Waals surface area contributed by atoms with Crippen LogP contribution in [0.2, 0.25) is 0 Å². The molecule has 1 amide bonds. The van der Waals surface area contributed by atoms with Crippen LogP contribution in [0.25, 0.3) is 10.6 Å². The van der Waals surface area contributed by atoms with Gasteiger partial charge in [0, 0.05) is 24.7 Å². The fraction of sp³-hybridized carbons (Fsp3) is 0.440. The third kappa shape index (κ3) is 3.25. The van der Waals surface area contributed by atoms with Crippen molar-refractivity contribution in [2.45, 2.75) is 44.6 Å². The van der Waals surface area contributed by atoms with Crippen LogP contribution in [0, 0.1) is 12.7 Å². The van der Waals surface area contributed by atoms with Crippen LogP contribution < -0.4 is 5.32 Å². The molecule has 0 bridgehead atoms. The van der Waals surface area contributed by atoms with Crippen molar-refractivity contribution in [3.63, 3.8) is 0 Å². The first-order valence-electron chi connectivity index (χ1n) is 11.8. The number of carbonyl (C=O) groups excluding carboxylic acids is 1. The van der Waals surface area contributed by atoms with E-state index in [0.29, 0.717) is 16.6 Å². The quantitative estimate of drug-likeness (QED) is 0.574. The molecule has 3 aromatic rings. The molecule has 1 N–H and O–H groups in total. The summed E-state index contributed by atoms with van der Waals surface area (Å²) in [4.78, 5) is 32.0. The van der Waals surface area contributed by atoms with Crippen molar-refractivity contribution >= 4 is 29.0 Å². The Morgan fingerprint density at radius 1 is 1.26 bits per heavy atom. The van der Waals surface area contributed by atoms with Crippen LogP contribution >= 0.6 is 11.3 Å². The van der Waals surface area contributed by atoms with Gasteiger partial charge >= 0.3 is 0 Å². The van der Waals surface area contributed by atoms with E-state index in [1.165, 1.54) is 23.1 Å². The Labute approximate surface area is 202 Å². The van der Waals surface area contributed by atoms with Crippen LogP contribution in [0.15, 0.2) is 24.5 Å². The highest BCUT2D eigenvalue weighted by Gasteiger charge is 2.58. The molecule has 176 valence electrons. The van der Waals surface area contributed by atoms with Gasteiger partial charge < -0.3 is 15.1 Å². The number of hydrogen-bond donors (Lipinski definition) is 1. The van der Waals surface area contributed by atoms with E-state index in [4.69, 9.17) is 0 Å². The molecule has 3 aromatic heterocycles. The lowest BCUT2D eigenvalue weighted by Gasteiger charge is -2.19. The van der Waals surface area contributed by atoms with Crippen LogP contribution in [0.5, 0.6) is 0 Å². The summed E-state index contributed by atoms with van der Waals surface area (Å²) in [6, 6.07) is 4.02. The topological polar surface area (TPSA) is 74.2 Å². The van der Waals surface area contributed by atoms with Crippen LogP contribution in [0.3, 0.4) is 0 Å². The number of likely N-dealkylation sites (N-methyl/N-ethyl adjacent to an activating group) is 1. The third-order valence-electron chi connectivity index (χ3n) is 7.63. The fourth-order valence-electron chi connectivity index (χ4n) is 5.33. The highest BCUT2D eigenvalue weighted by atomic mass is 32.1. The van der Waals surface area contributed by atoms with Crippen molar-refractivity contribution in [2.75, 3.05) is 32.0 Å². The summed E-state index contributed by atoms with van der Waals surface area (Å²) >= 11 is 1.49. The summed E-state index contributed by atoms with van der Waals surface area (Å²) in [6.07, 6.45) is 6.15. The summed E-state index contributed by atoms with van der Waals surface area (Å²) in [5.41, 5.74) is 2.78. The number of pyridine rings is 1. The first-order valence-corrected chi connectivity index (χ1v) is 12.6. The van der Waals surface area contributed by atoms with E-state index < -0.39 is 5.82 Å². The predicted molar refractivity (Wildman–Crippen MR) is 130 cm³/mol. The summed E-state index contributed by atoms with van der Waals surface area (Å²) in [5.74, 6) is 0.937. The molecular formula is C25H27FN6OS. The second-order valence-corrected chi connectivity index (χ2v) is 10.5. The number of hydrogen-bond acceptors (Lipinski definition) is 7. The molecule has 6 rings (SSSR count). The van der Waals surface area contributed by atoms with E-state index in [1.54, 1.807) is 0 Å². The normalized spacial score (nSPS) is 20.9. The Kier molecular flexibility index (Phi) is 4.97. The SMILES string of the molecule is CCN1CCC(c2ccc(Nc3ncc(F)c(-c4sc5c(c4C)C(=O)N(C)C54CC4)n3)nc2)C1. The lowest BCUT2D eigenvalue weighted by molar-refractivity contribution is 0.0755. The van der Waals surface area contributed by atoms with Crippen LogP contribution in [-0.2, 0) is 5.54 Å². The van der Waals surface area contributed by atoms with Crippen LogP contribution in [0.1, 0.15) is 58.5 Å². The molecule has 2 fully saturated rings. The highest BCUT2D eigenvalue weighted by Crippen LogP contribution is 2.60. The van der Waals surface area contributed by atoms with Gasteiger partial charge in [-0.25, -0.2) is 19.3 Å². The number of amides is 1. The second-order valence-electron chi connectivity index (χ2n) is 9.53. The molecule has 0 radical (unpaired) electrons. The van der Waals surface area contributed by atoms with Crippen LogP contribution in [-0.4, -0.2) is 57.3 Å². The van der Waals surface area contributed by atoms with Gasteiger partial charge in [-0.05, 0) is 62.4 Å². The van der Waals surface area contributed by atoms with Crippen LogP contribution in [0.4, 0.5) is 16.2 Å². The maximum atomic E-state index is 14.8. The number of anilines is 2. The minimum absolute atomic E-state index is 0.0222. The molecular weight excluding hydrogens is 451 g/mol. The van der Waals surface area contributed by atoms with Crippen molar-refractivity contribution < 1.29 is 9.18 Å². The summed E-state index contributed by atoms with van der Waals surface area (Å²) in [7, 11) is 1.86. The fourth-order valence-corrected chi connectivity index (χ4v) is 6.91. The van der Waals surface area contributed by atoms with Crippen molar-refractivity contribution in [3.8, 4) is 10.6 Å². The lowest BCUT2D eigenvalue weighted by Crippen LogP contribution is -2.29. The molecule has 0 aromatic carbocycles. The average Bonchev–Trinajstić information content (AvgIpc) is 3.30. The minimum atomic E-state index is -0.496. The number of fused-ring (bicyclic) bond motifs is 2. The zero-order valence-corrected chi connectivity index (χ0v) is 20.4. The van der Waals surface area contributed by atoms with E-state index in [1.807, 2.05) is 31.1 Å². The number of carbonyl (C=O) groups is 1. The van der Waals surface area contributed by atoms with Crippen molar-refractivity contribution in [3.05, 3.63) is 51.9 Å². The van der Waals surface area contributed by atoms with Crippen molar-refractivity contribution in [1.82, 2.24) is 24.8 Å². The largest absolute Gasteiger partial charge is 0.331 e. The number of nitrogens with zero attached hydrogens (tertiary/aromatic N) is 5. The van der Waals surface area contributed by atoms with Gasteiger partial charge in [0.05, 0.1) is 22.2 Å². The second kappa shape index (κ2) is 7.81. The predicted octanol–water partition coefficient (Wildman–Crippen LogP) is 4.68. The molecule has 5 heterocycles. The number of rotatable bonds is 5. The first-order chi connectivity index (χ1) is 16.4. The molecule has 2 aliphatic heterocycles. The van der Waals surface area contributed by atoms with E-state index in [9.17, 15) is 9.18 Å². The van der Waals surface area contributed by atoms with Gasteiger partial charge in [-0.1, -0.05) is 13.0 Å². The number of thiophene rings is 1. The van der Waals surface area contributed by atoms with Gasteiger partial charge in [-0.15, -0.1) is 11.3 Å². The van der Waals surface area contributed by atoms with Gasteiger partial charge in [-0.3, -0.25) is 4.79 Å². The maximum absolute atomic E-state index is 14.8. The zero-order chi connectivity index (χ0) is 23.6. The molecule has 9 heteroatoms. The Bertz CT molecular complexity index is 1290. The molecule has 1 unspecified atom stereocenters. The molecule has 1 aliphatic carbocycles. The van der Waals surface area contributed by atoms with Crippen molar-refractivity contribution in [1.29, 1.82) is 0 Å². The third-order valence-corrected chi connectivity index (χ3v) is 9.12. The van der Waals surface area contributed by atoms with E-state index >= 15 is 0 Å². The molecule has 34 heavy (non-hydrogen) atoms. The summed E-state index contributed by atoms with van der Waals surface area (Å²) in [5, 5.41) is 3.11. The smallest absolute Gasteiger partial charge is 0.255 e. The molecule has 7 nitrogen and oxygen atoms in total. The monoisotopic (exact) mass is 478 g/mol.